The minimum atomic E-state index is -3.68. The number of rotatable bonds is 1. The Labute approximate surface area is 124 Å². The monoisotopic (exact) mass is 352 g/mol. The minimum Gasteiger partial charge on any atom is -0.436 e. The van der Waals surface area contributed by atoms with E-state index in [9.17, 15) is 8.42 Å². The summed E-state index contributed by atoms with van der Waals surface area (Å²) in [4.78, 5) is 0.148. The molecule has 0 radical (unpaired) electrons. The molecule has 0 saturated heterocycles. The lowest BCUT2D eigenvalue weighted by atomic mass is 10.2. The summed E-state index contributed by atoms with van der Waals surface area (Å²) in [6.45, 7) is 0. The highest BCUT2D eigenvalue weighted by molar-refractivity contribution is 9.10. The first-order chi connectivity index (χ1) is 9.47. The average molecular weight is 353 g/mol. The smallest absolute Gasteiger partial charge is 0.286 e. The topological polar surface area (TPSA) is 81.8 Å². The molecule has 5 nitrogen and oxygen atoms in total. The first kappa shape index (κ1) is 13.1. The molecule has 1 heterocycles. The SMILES string of the molecule is Nc1ccc(Br)c(OC2=NS(=O)(=O)c3ccccc32)c1. The lowest BCUT2D eigenvalue weighted by molar-refractivity contribution is 0.550. The second-order valence-electron chi connectivity index (χ2n) is 4.16. The summed E-state index contributed by atoms with van der Waals surface area (Å²) in [7, 11) is -3.68. The number of anilines is 1. The molecule has 0 bridgehead atoms. The average Bonchev–Trinajstić information content (AvgIpc) is 2.66. The van der Waals surface area contributed by atoms with Gasteiger partial charge in [0.25, 0.3) is 10.0 Å². The molecule has 7 heteroatoms. The number of fused-ring (bicyclic) bond motifs is 1. The number of nitrogens with two attached hydrogens (primary N) is 1. The fraction of sp³-hybridized carbons (Fsp3) is 0. The van der Waals surface area contributed by atoms with Gasteiger partial charge < -0.3 is 10.5 Å². The van der Waals surface area contributed by atoms with Crippen molar-refractivity contribution in [2.24, 2.45) is 4.40 Å². The summed E-state index contributed by atoms with van der Waals surface area (Å²) in [6, 6.07) is 11.6. The Kier molecular flexibility index (Phi) is 3.02. The molecule has 0 amide bonds. The van der Waals surface area contributed by atoms with Crippen LogP contribution in [0.25, 0.3) is 0 Å². The van der Waals surface area contributed by atoms with Crippen LogP contribution in [0.4, 0.5) is 5.69 Å². The highest BCUT2D eigenvalue weighted by Crippen LogP contribution is 2.31. The predicted octanol–water partition coefficient (Wildman–Crippen LogP) is 2.56. The third kappa shape index (κ3) is 2.19. The van der Waals surface area contributed by atoms with Gasteiger partial charge in [0.05, 0.1) is 10.0 Å². The maximum absolute atomic E-state index is 11.9. The van der Waals surface area contributed by atoms with Crippen molar-refractivity contribution < 1.29 is 13.2 Å². The molecule has 3 rings (SSSR count). The lowest BCUT2D eigenvalue weighted by Gasteiger charge is -2.08. The Morgan fingerprint density at radius 2 is 1.90 bits per heavy atom. The molecule has 0 atom stereocenters. The summed E-state index contributed by atoms with van der Waals surface area (Å²) in [5.74, 6) is 0.461. The molecule has 0 aliphatic carbocycles. The van der Waals surface area contributed by atoms with Gasteiger partial charge in [-0.3, -0.25) is 0 Å². The normalized spacial score (nSPS) is 15.6. The van der Waals surface area contributed by atoms with E-state index in [0.29, 0.717) is 21.5 Å². The zero-order valence-corrected chi connectivity index (χ0v) is 12.5. The van der Waals surface area contributed by atoms with E-state index in [1.807, 2.05) is 0 Å². The molecule has 2 aromatic carbocycles. The van der Waals surface area contributed by atoms with Crippen molar-refractivity contribution in [2.45, 2.75) is 4.90 Å². The van der Waals surface area contributed by atoms with Crippen LogP contribution in [0, 0.1) is 0 Å². The quantitative estimate of drug-likeness (QED) is 0.799. The first-order valence-electron chi connectivity index (χ1n) is 5.64. The molecule has 0 aromatic heterocycles. The van der Waals surface area contributed by atoms with Gasteiger partial charge in [0.15, 0.2) is 0 Å². The summed E-state index contributed by atoms with van der Waals surface area (Å²) < 4.78 is 33.7. The van der Waals surface area contributed by atoms with Crippen molar-refractivity contribution in [2.75, 3.05) is 5.73 Å². The van der Waals surface area contributed by atoms with Crippen molar-refractivity contribution in [1.82, 2.24) is 0 Å². The number of halogens is 1. The Hall–Kier alpha value is -1.86. The van der Waals surface area contributed by atoms with Crippen LogP contribution in [-0.2, 0) is 10.0 Å². The molecular weight excluding hydrogens is 344 g/mol. The molecule has 0 fully saturated rings. The largest absolute Gasteiger partial charge is 0.436 e. The van der Waals surface area contributed by atoms with E-state index >= 15 is 0 Å². The van der Waals surface area contributed by atoms with Gasteiger partial charge in [-0.15, -0.1) is 4.40 Å². The zero-order valence-electron chi connectivity index (χ0n) is 10.1. The number of nitrogens with zero attached hydrogens (tertiary/aromatic N) is 1. The van der Waals surface area contributed by atoms with Gasteiger partial charge in [-0.2, -0.15) is 8.42 Å². The Balaban J connectivity index is 2.07. The third-order valence-corrected chi connectivity index (χ3v) is 4.73. The van der Waals surface area contributed by atoms with Gasteiger partial charge >= 0.3 is 0 Å². The standard InChI is InChI=1S/C13H9BrN2O3S/c14-10-6-5-8(15)7-11(10)19-13-9-3-1-2-4-12(9)20(17,18)16-13/h1-7H,15H2. The van der Waals surface area contributed by atoms with Gasteiger partial charge in [0, 0.05) is 11.8 Å². The van der Waals surface area contributed by atoms with Crippen LogP contribution in [0.5, 0.6) is 5.75 Å². The van der Waals surface area contributed by atoms with Crippen LogP contribution in [0.2, 0.25) is 0 Å². The van der Waals surface area contributed by atoms with Crippen molar-refractivity contribution in [3.63, 3.8) is 0 Å². The summed E-state index contributed by atoms with van der Waals surface area (Å²) >= 11 is 3.32. The summed E-state index contributed by atoms with van der Waals surface area (Å²) in [5, 5.41) is 0. The van der Waals surface area contributed by atoms with Gasteiger partial charge in [-0.05, 0) is 40.2 Å². The second kappa shape index (κ2) is 4.60. The van der Waals surface area contributed by atoms with Crippen LogP contribution >= 0.6 is 15.9 Å². The van der Waals surface area contributed by atoms with E-state index in [2.05, 4.69) is 20.3 Å². The van der Waals surface area contributed by atoms with Gasteiger partial charge in [-0.1, -0.05) is 12.1 Å². The Bertz CT molecular complexity index is 831. The van der Waals surface area contributed by atoms with Crippen LogP contribution in [0.15, 0.2) is 56.2 Å². The molecule has 0 spiro atoms. The van der Waals surface area contributed by atoms with Crippen LogP contribution < -0.4 is 10.5 Å². The van der Waals surface area contributed by atoms with E-state index in [0.717, 1.165) is 0 Å². The Morgan fingerprint density at radius 1 is 1.15 bits per heavy atom. The molecule has 102 valence electrons. The number of ether oxygens (including phenoxy) is 1. The molecule has 2 aromatic rings. The number of benzene rings is 2. The second-order valence-corrected chi connectivity index (χ2v) is 6.59. The van der Waals surface area contributed by atoms with Crippen LogP contribution in [0.1, 0.15) is 5.56 Å². The Morgan fingerprint density at radius 3 is 2.70 bits per heavy atom. The first-order valence-corrected chi connectivity index (χ1v) is 7.88. The summed E-state index contributed by atoms with van der Waals surface area (Å²) in [5.41, 5.74) is 6.65. The lowest BCUT2D eigenvalue weighted by Crippen LogP contribution is -2.08. The van der Waals surface area contributed by atoms with Crippen LogP contribution in [-0.4, -0.2) is 14.3 Å². The van der Waals surface area contributed by atoms with E-state index < -0.39 is 10.0 Å². The minimum absolute atomic E-state index is 0.0481. The zero-order chi connectivity index (χ0) is 14.3. The van der Waals surface area contributed by atoms with Gasteiger partial charge in [0.2, 0.25) is 5.90 Å². The van der Waals surface area contributed by atoms with E-state index in [1.54, 1.807) is 36.4 Å². The number of hydrogen-bond donors (Lipinski definition) is 1. The maximum atomic E-state index is 11.9. The van der Waals surface area contributed by atoms with E-state index in [1.165, 1.54) is 6.07 Å². The van der Waals surface area contributed by atoms with Crippen molar-refractivity contribution >= 4 is 37.5 Å². The third-order valence-electron chi connectivity index (χ3n) is 2.76. The fourth-order valence-electron chi connectivity index (χ4n) is 1.85. The molecule has 1 aliphatic heterocycles. The number of hydrogen-bond acceptors (Lipinski definition) is 4. The van der Waals surface area contributed by atoms with E-state index in [4.69, 9.17) is 10.5 Å². The van der Waals surface area contributed by atoms with Crippen molar-refractivity contribution in [3.05, 3.63) is 52.5 Å². The molecule has 20 heavy (non-hydrogen) atoms. The highest BCUT2D eigenvalue weighted by Gasteiger charge is 2.30. The molecular formula is C13H9BrN2O3S. The fourth-order valence-corrected chi connectivity index (χ4v) is 3.32. The maximum Gasteiger partial charge on any atom is 0.286 e. The highest BCUT2D eigenvalue weighted by atomic mass is 79.9. The van der Waals surface area contributed by atoms with Crippen molar-refractivity contribution in [3.8, 4) is 5.75 Å². The van der Waals surface area contributed by atoms with E-state index in [-0.39, 0.29) is 10.8 Å². The number of sulfonamides is 1. The molecule has 2 N–H and O–H groups in total. The summed E-state index contributed by atoms with van der Waals surface area (Å²) in [6.07, 6.45) is 0. The van der Waals surface area contributed by atoms with Crippen molar-refractivity contribution in [1.29, 1.82) is 0 Å². The molecule has 0 saturated carbocycles. The molecule has 1 aliphatic rings. The molecule has 0 unspecified atom stereocenters. The van der Waals surface area contributed by atoms with Crippen LogP contribution in [0.3, 0.4) is 0 Å². The predicted molar refractivity (Wildman–Crippen MR) is 79.3 cm³/mol. The number of nitrogen functional groups attached to an aromatic ring is 1. The van der Waals surface area contributed by atoms with Gasteiger partial charge in [-0.25, -0.2) is 0 Å². The van der Waals surface area contributed by atoms with Gasteiger partial charge in [0.1, 0.15) is 10.6 Å².